The van der Waals surface area contributed by atoms with Gasteiger partial charge in [-0.25, -0.2) is 0 Å². The molecule has 1 N–H and O–H groups in total. The zero-order valence-electron chi connectivity index (χ0n) is 18.6. The highest BCUT2D eigenvalue weighted by molar-refractivity contribution is 5.87. The van der Waals surface area contributed by atoms with Crippen molar-refractivity contribution in [3.63, 3.8) is 0 Å². The van der Waals surface area contributed by atoms with E-state index in [-0.39, 0.29) is 11.8 Å². The fourth-order valence-corrected chi connectivity index (χ4v) is 3.31. The van der Waals surface area contributed by atoms with Gasteiger partial charge in [-0.1, -0.05) is 63.2 Å². The van der Waals surface area contributed by atoms with Crippen LogP contribution in [0.15, 0.2) is 54.6 Å². The number of methoxy groups -OCH3 is 1. The third kappa shape index (κ3) is 7.21. The van der Waals surface area contributed by atoms with Gasteiger partial charge in [-0.15, -0.1) is 0 Å². The summed E-state index contributed by atoms with van der Waals surface area (Å²) in [6.07, 6.45) is 1.59. The zero-order chi connectivity index (χ0) is 21.9. The lowest BCUT2D eigenvalue weighted by Crippen LogP contribution is -2.49. The highest BCUT2D eigenvalue weighted by atomic mass is 16.5. The van der Waals surface area contributed by atoms with E-state index in [1.807, 2.05) is 61.5 Å². The van der Waals surface area contributed by atoms with Crippen molar-refractivity contribution in [1.82, 2.24) is 10.2 Å². The second-order valence-electron chi connectivity index (χ2n) is 7.92. The lowest BCUT2D eigenvalue weighted by molar-refractivity contribution is -0.141. The molecule has 5 nitrogen and oxygen atoms in total. The van der Waals surface area contributed by atoms with E-state index in [1.165, 1.54) is 0 Å². The number of carbonyl (C=O) groups excluding carboxylic acids is 2. The molecule has 2 rings (SSSR count). The number of carbonyl (C=O) groups is 2. The first-order chi connectivity index (χ1) is 14.4. The average molecular weight is 411 g/mol. The van der Waals surface area contributed by atoms with E-state index in [0.717, 1.165) is 16.9 Å². The largest absolute Gasteiger partial charge is 0.497 e. The Morgan fingerprint density at radius 1 is 1.00 bits per heavy atom. The lowest BCUT2D eigenvalue weighted by Gasteiger charge is -2.31. The Hall–Kier alpha value is -2.82. The molecule has 2 aromatic rings. The van der Waals surface area contributed by atoms with Crippen molar-refractivity contribution in [1.29, 1.82) is 0 Å². The van der Waals surface area contributed by atoms with Crippen LogP contribution in [0.5, 0.6) is 5.75 Å². The van der Waals surface area contributed by atoms with Gasteiger partial charge in [-0.2, -0.15) is 0 Å². The fraction of sp³-hybridized carbons (Fsp3) is 0.440. The standard InChI is InChI=1S/C25H34N2O3/c1-5-23(25(29)26-17-19(2)3)27(18-21-11-14-22(30-4)15-12-21)24(28)16-13-20-9-7-6-8-10-20/h6-12,14-15,19,23H,5,13,16-18H2,1-4H3,(H,26,29). The van der Waals surface area contributed by atoms with Crippen LogP contribution in [0.2, 0.25) is 0 Å². The van der Waals surface area contributed by atoms with E-state index in [0.29, 0.717) is 38.3 Å². The zero-order valence-corrected chi connectivity index (χ0v) is 18.6. The van der Waals surface area contributed by atoms with E-state index in [2.05, 4.69) is 19.2 Å². The maximum Gasteiger partial charge on any atom is 0.242 e. The van der Waals surface area contributed by atoms with E-state index >= 15 is 0 Å². The topological polar surface area (TPSA) is 58.6 Å². The molecule has 5 heteroatoms. The van der Waals surface area contributed by atoms with Crippen LogP contribution in [0.25, 0.3) is 0 Å². The smallest absolute Gasteiger partial charge is 0.242 e. The summed E-state index contributed by atoms with van der Waals surface area (Å²) < 4.78 is 5.23. The predicted octanol–water partition coefficient (Wildman–Crippen LogP) is 4.21. The SMILES string of the molecule is CCC(C(=O)NCC(C)C)N(Cc1ccc(OC)cc1)C(=O)CCc1ccccc1. The van der Waals surface area contributed by atoms with E-state index < -0.39 is 6.04 Å². The molecule has 0 aliphatic carbocycles. The van der Waals surface area contributed by atoms with Crippen molar-refractivity contribution < 1.29 is 14.3 Å². The molecule has 0 saturated carbocycles. The van der Waals surface area contributed by atoms with Crippen LogP contribution in [-0.4, -0.2) is 36.4 Å². The van der Waals surface area contributed by atoms with Gasteiger partial charge in [-0.05, 0) is 42.0 Å². The molecule has 0 aliphatic heterocycles. The molecule has 0 spiro atoms. The molecule has 0 bridgehead atoms. The summed E-state index contributed by atoms with van der Waals surface area (Å²) in [6.45, 7) is 7.06. The number of aryl methyl sites for hydroxylation is 1. The van der Waals surface area contributed by atoms with Gasteiger partial charge >= 0.3 is 0 Å². The predicted molar refractivity (Wildman–Crippen MR) is 120 cm³/mol. The summed E-state index contributed by atoms with van der Waals surface area (Å²) in [5, 5.41) is 2.99. The highest BCUT2D eigenvalue weighted by Gasteiger charge is 2.28. The first-order valence-electron chi connectivity index (χ1n) is 10.7. The summed E-state index contributed by atoms with van der Waals surface area (Å²) in [5.41, 5.74) is 2.09. The van der Waals surface area contributed by atoms with Crippen LogP contribution in [0.4, 0.5) is 0 Å². The molecule has 2 aromatic carbocycles. The number of rotatable bonds is 11. The van der Waals surface area contributed by atoms with Gasteiger partial charge in [0.2, 0.25) is 11.8 Å². The first-order valence-corrected chi connectivity index (χ1v) is 10.7. The molecule has 2 amide bonds. The minimum absolute atomic E-state index is 0.0128. The van der Waals surface area contributed by atoms with Crippen LogP contribution in [0.3, 0.4) is 0 Å². The van der Waals surface area contributed by atoms with Crippen LogP contribution in [0.1, 0.15) is 44.7 Å². The quantitative estimate of drug-likeness (QED) is 0.604. The first kappa shape index (κ1) is 23.5. The van der Waals surface area contributed by atoms with Crippen molar-refractivity contribution >= 4 is 11.8 Å². The minimum Gasteiger partial charge on any atom is -0.497 e. The number of benzene rings is 2. The van der Waals surface area contributed by atoms with Crippen molar-refractivity contribution in [2.45, 2.75) is 52.6 Å². The molecule has 1 unspecified atom stereocenters. The Kier molecular flexibility index (Phi) is 9.39. The molecule has 162 valence electrons. The van der Waals surface area contributed by atoms with Gasteiger partial charge in [0.25, 0.3) is 0 Å². The molecule has 0 radical (unpaired) electrons. The molecule has 0 aliphatic rings. The Balaban J connectivity index is 2.17. The summed E-state index contributed by atoms with van der Waals surface area (Å²) in [7, 11) is 1.63. The van der Waals surface area contributed by atoms with Gasteiger partial charge < -0.3 is 15.0 Å². The lowest BCUT2D eigenvalue weighted by atomic mass is 10.1. The highest BCUT2D eigenvalue weighted by Crippen LogP contribution is 2.18. The van der Waals surface area contributed by atoms with Crippen molar-refractivity contribution in [3.8, 4) is 5.75 Å². The van der Waals surface area contributed by atoms with Gasteiger partial charge in [0, 0.05) is 19.5 Å². The normalized spacial score (nSPS) is 11.8. The van der Waals surface area contributed by atoms with E-state index in [1.54, 1.807) is 12.0 Å². The molecular formula is C25H34N2O3. The molecule has 0 fully saturated rings. The third-order valence-electron chi connectivity index (χ3n) is 5.05. The van der Waals surface area contributed by atoms with E-state index in [4.69, 9.17) is 4.74 Å². The number of nitrogens with one attached hydrogen (secondary N) is 1. The molecule has 0 aromatic heterocycles. The number of amides is 2. The number of ether oxygens (including phenoxy) is 1. The number of hydrogen-bond donors (Lipinski definition) is 1. The molecule has 1 atom stereocenters. The number of nitrogens with zero attached hydrogens (tertiary/aromatic N) is 1. The Morgan fingerprint density at radius 2 is 1.67 bits per heavy atom. The third-order valence-corrected chi connectivity index (χ3v) is 5.05. The second kappa shape index (κ2) is 12.0. The Bertz CT molecular complexity index is 788. The van der Waals surface area contributed by atoms with E-state index in [9.17, 15) is 9.59 Å². The van der Waals surface area contributed by atoms with Crippen molar-refractivity contribution in [2.75, 3.05) is 13.7 Å². The van der Waals surface area contributed by atoms with Crippen LogP contribution in [-0.2, 0) is 22.6 Å². The van der Waals surface area contributed by atoms with Crippen LogP contribution < -0.4 is 10.1 Å². The molecular weight excluding hydrogens is 376 g/mol. The van der Waals surface area contributed by atoms with Crippen LogP contribution >= 0.6 is 0 Å². The minimum atomic E-state index is -0.492. The average Bonchev–Trinajstić information content (AvgIpc) is 2.77. The van der Waals surface area contributed by atoms with Crippen molar-refractivity contribution in [2.24, 2.45) is 5.92 Å². The molecule has 30 heavy (non-hydrogen) atoms. The molecule has 0 heterocycles. The Morgan fingerprint density at radius 3 is 2.23 bits per heavy atom. The summed E-state index contributed by atoms with van der Waals surface area (Å²) in [5.74, 6) is 1.02. The van der Waals surface area contributed by atoms with Gasteiger partial charge in [0.15, 0.2) is 0 Å². The summed E-state index contributed by atoms with van der Waals surface area (Å²) in [6, 6.07) is 17.1. The Labute approximate surface area is 180 Å². The fourth-order valence-electron chi connectivity index (χ4n) is 3.31. The van der Waals surface area contributed by atoms with Gasteiger partial charge in [0.05, 0.1) is 7.11 Å². The van der Waals surface area contributed by atoms with Crippen LogP contribution in [0, 0.1) is 5.92 Å². The molecule has 0 saturated heterocycles. The van der Waals surface area contributed by atoms with Gasteiger partial charge in [0.1, 0.15) is 11.8 Å². The second-order valence-corrected chi connectivity index (χ2v) is 7.92. The maximum atomic E-state index is 13.2. The van der Waals surface area contributed by atoms with Gasteiger partial charge in [-0.3, -0.25) is 9.59 Å². The monoisotopic (exact) mass is 410 g/mol. The summed E-state index contributed by atoms with van der Waals surface area (Å²) in [4.78, 5) is 27.8. The van der Waals surface area contributed by atoms with Crippen molar-refractivity contribution in [3.05, 3.63) is 65.7 Å². The number of hydrogen-bond acceptors (Lipinski definition) is 3. The maximum absolute atomic E-state index is 13.2. The summed E-state index contributed by atoms with van der Waals surface area (Å²) >= 11 is 0.